The minimum Gasteiger partial charge on any atom is -0.494 e. The molecule has 0 saturated heterocycles. The summed E-state index contributed by atoms with van der Waals surface area (Å²) in [7, 11) is 0. The van der Waals surface area contributed by atoms with Gasteiger partial charge in [-0.25, -0.2) is 0 Å². The number of carbonyl (C=O) groups excluding carboxylic acids is 1. The summed E-state index contributed by atoms with van der Waals surface area (Å²) in [5.41, 5.74) is 6.51. The summed E-state index contributed by atoms with van der Waals surface area (Å²) in [4.78, 5) is 13.8. The Morgan fingerprint density at radius 1 is 1.53 bits per heavy atom. The predicted molar refractivity (Wildman–Crippen MR) is 77.9 cm³/mol. The van der Waals surface area contributed by atoms with E-state index >= 15 is 0 Å². The number of nitrogens with zero attached hydrogens (tertiary/aromatic N) is 1. The first-order valence-corrected chi connectivity index (χ1v) is 7.35. The molecule has 0 heterocycles. The minimum absolute atomic E-state index is 0.00456. The van der Waals surface area contributed by atoms with Crippen LogP contribution in [0.15, 0.2) is 22.7 Å². The molecule has 0 unspecified atom stereocenters. The number of hydrogen-bond donors (Lipinski definition) is 1. The third kappa shape index (κ3) is 3.70. The van der Waals surface area contributed by atoms with Crippen LogP contribution in [0.5, 0.6) is 5.75 Å². The molecule has 0 radical (unpaired) electrons. The highest BCUT2D eigenvalue weighted by molar-refractivity contribution is 9.10. The van der Waals surface area contributed by atoms with Crippen LogP contribution in [0.3, 0.4) is 0 Å². The van der Waals surface area contributed by atoms with E-state index < -0.39 is 0 Å². The molecule has 19 heavy (non-hydrogen) atoms. The van der Waals surface area contributed by atoms with Crippen molar-refractivity contribution in [2.75, 3.05) is 13.2 Å². The zero-order valence-electron chi connectivity index (χ0n) is 11.1. The number of hydrogen-bond acceptors (Lipinski definition) is 3. The lowest BCUT2D eigenvalue weighted by Gasteiger charge is -2.23. The highest BCUT2D eigenvalue weighted by atomic mass is 79.9. The van der Waals surface area contributed by atoms with Gasteiger partial charge in [-0.3, -0.25) is 4.79 Å². The van der Waals surface area contributed by atoms with Crippen molar-refractivity contribution in [1.29, 1.82) is 0 Å². The Balaban J connectivity index is 2.19. The fourth-order valence-corrected chi connectivity index (χ4v) is 2.48. The molecule has 5 heteroatoms. The average Bonchev–Trinajstić information content (AvgIpc) is 3.22. The van der Waals surface area contributed by atoms with Crippen LogP contribution in [0.25, 0.3) is 0 Å². The summed E-state index contributed by atoms with van der Waals surface area (Å²) in [5.74, 6) is 0.839. The second-order valence-electron chi connectivity index (χ2n) is 4.64. The van der Waals surface area contributed by atoms with Crippen molar-refractivity contribution in [2.24, 2.45) is 5.73 Å². The van der Waals surface area contributed by atoms with E-state index in [1.165, 1.54) is 0 Å². The van der Waals surface area contributed by atoms with E-state index in [1.807, 2.05) is 30.0 Å². The summed E-state index contributed by atoms with van der Waals surface area (Å²) in [6, 6.07) is 6.23. The number of ether oxygens (including phenoxy) is 1. The maximum Gasteiger partial charge on any atom is 0.236 e. The summed E-state index contributed by atoms with van der Waals surface area (Å²) >= 11 is 3.46. The molecule has 1 aliphatic carbocycles. The van der Waals surface area contributed by atoms with Crippen LogP contribution in [0.2, 0.25) is 0 Å². The van der Waals surface area contributed by atoms with Gasteiger partial charge >= 0.3 is 0 Å². The van der Waals surface area contributed by atoms with E-state index in [-0.39, 0.29) is 12.5 Å². The molecule has 0 aromatic heterocycles. The Morgan fingerprint density at radius 2 is 2.26 bits per heavy atom. The maximum absolute atomic E-state index is 11.9. The van der Waals surface area contributed by atoms with Gasteiger partial charge in [0.25, 0.3) is 0 Å². The van der Waals surface area contributed by atoms with Crippen molar-refractivity contribution >= 4 is 21.8 Å². The van der Waals surface area contributed by atoms with E-state index in [2.05, 4.69) is 15.9 Å². The molecule has 1 aromatic carbocycles. The summed E-state index contributed by atoms with van der Waals surface area (Å²) in [6.45, 7) is 3.20. The second kappa shape index (κ2) is 6.39. The van der Waals surface area contributed by atoms with Crippen molar-refractivity contribution in [1.82, 2.24) is 4.90 Å². The number of halogens is 1. The van der Waals surface area contributed by atoms with Crippen LogP contribution >= 0.6 is 15.9 Å². The molecule has 0 spiro atoms. The van der Waals surface area contributed by atoms with Crippen LogP contribution < -0.4 is 10.5 Å². The van der Waals surface area contributed by atoms with Gasteiger partial charge in [0, 0.05) is 22.6 Å². The molecular formula is C14H19BrN2O2. The number of carbonyl (C=O) groups is 1. The van der Waals surface area contributed by atoms with E-state index in [0.29, 0.717) is 19.2 Å². The third-order valence-electron chi connectivity index (χ3n) is 3.15. The highest BCUT2D eigenvalue weighted by Gasteiger charge is 2.32. The van der Waals surface area contributed by atoms with Crippen LogP contribution in [0.1, 0.15) is 25.3 Å². The smallest absolute Gasteiger partial charge is 0.236 e. The number of amides is 1. The number of nitrogens with two attached hydrogens (primary N) is 1. The Hall–Kier alpha value is -1.07. The largest absolute Gasteiger partial charge is 0.494 e. The standard InChI is InChI=1S/C14H19BrN2O2/c1-2-19-13-6-3-11(15)7-10(13)9-17(12-4-5-12)14(18)8-16/h3,6-7,12H,2,4-5,8-9,16H2,1H3. The van der Waals surface area contributed by atoms with Gasteiger partial charge in [-0.15, -0.1) is 0 Å². The second-order valence-corrected chi connectivity index (χ2v) is 5.56. The Kier molecular flexibility index (Phi) is 4.82. The lowest BCUT2D eigenvalue weighted by atomic mass is 10.2. The molecule has 1 aromatic rings. The topological polar surface area (TPSA) is 55.6 Å². The Bertz CT molecular complexity index is 461. The van der Waals surface area contributed by atoms with Crippen LogP contribution in [0, 0.1) is 0 Å². The quantitative estimate of drug-likeness (QED) is 0.872. The molecule has 1 amide bonds. The monoisotopic (exact) mass is 326 g/mol. The van der Waals surface area contributed by atoms with E-state index in [9.17, 15) is 4.79 Å². The molecule has 4 nitrogen and oxygen atoms in total. The lowest BCUT2D eigenvalue weighted by molar-refractivity contribution is -0.130. The van der Waals surface area contributed by atoms with Gasteiger partial charge in [0.2, 0.25) is 5.91 Å². The molecule has 2 N–H and O–H groups in total. The van der Waals surface area contributed by atoms with Crippen molar-refractivity contribution in [3.05, 3.63) is 28.2 Å². The molecule has 1 aliphatic rings. The van der Waals surface area contributed by atoms with Gasteiger partial charge in [-0.05, 0) is 38.0 Å². The fraction of sp³-hybridized carbons (Fsp3) is 0.500. The summed E-state index contributed by atoms with van der Waals surface area (Å²) < 4.78 is 6.60. The number of benzene rings is 1. The zero-order chi connectivity index (χ0) is 13.8. The maximum atomic E-state index is 11.9. The lowest BCUT2D eigenvalue weighted by Crippen LogP contribution is -2.37. The molecule has 1 saturated carbocycles. The molecule has 0 aliphatic heterocycles. The fourth-order valence-electron chi connectivity index (χ4n) is 2.08. The Morgan fingerprint density at radius 3 is 2.84 bits per heavy atom. The first-order chi connectivity index (χ1) is 9.15. The van der Waals surface area contributed by atoms with Crippen molar-refractivity contribution in [2.45, 2.75) is 32.4 Å². The van der Waals surface area contributed by atoms with Crippen molar-refractivity contribution < 1.29 is 9.53 Å². The van der Waals surface area contributed by atoms with Crippen LogP contribution in [-0.4, -0.2) is 30.0 Å². The van der Waals surface area contributed by atoms with Gasteiger partial charge in [-0.1, -0.05) is 15.9 Å². The molecule has 0 atom stereocenters. The summed E-state index contributed by atoms with van der Waals surface area (Å²) in [6.07, 6.45) is 2.15. The highest BCUT2D eigenvalue weighted by Crippen LogP contribution is 2.31. The first-order valence-electron chi connectivity index (χ1n) is 6.56. The van der Waals surface area contributed by atoms with Crippen LogP contribution in [-0.2, 0) is 11.3 Å². The van der Waals surface area contributed by atoms with Crippen molar-refractivity contribution in [3.8, 4) is 5.75 Å². The Labute approximate surface area is 122 Å². The molecular weight excluding hydrogens is 308 g/mol. The van der Waals surface area contributed by atoms with Gasteiger partial charge < -0.3 is 15.4 Å². The van der Waals surface area contributed by atoms with Gasteiger partial charge in [-0.2, -0.15) is 0 Å². The van der Waals surface area contributed by atoms with Gasteiger partial charge in [0.05, 0.1) is 13.2 Å². The molecule has 1 fully saturated rings. The minimum atomic E-state index is 0.00456. The van der Waals surface area contributed by atoms with E-state index in [1.54, 1.807) is 0 Å². The van der Waals surface area contributed by atoms with E-state index in [4.69, 9.17) is 10.5 Å². The zero-order valence-corrected chi connectivity index (χ0v) is 12.6. The third-order valence-corrected chi connectivity index (χ3v) is 3.64. The van der Waals surface area contributed by atoms with Gasteiger partial charge in [0.1, 0.15) is 5.75 Å². The number of rotatable bonds is 6. The summed E-state index contributed by atoms with van der Waals surface area (Å²) in [5, 5.41) is 0. The molecule has 0 bridgehead atoms. The first kappa shape index (κ1) is 14.3. The van der Waals surface area contributed by atoms with Crippen molar-refractivity contribution in [3.63, 3.8) is 0 Å². The molecule has 104 valence electrons. The average molecular weight is 327 g/mol. The molecule has 2 rings (SSSR count). The van der Waals surface area contributed by atoms with E-state index in [0.717, 1.165) is 28.6 Å². The van der Waals surface area contributed by atoms with Gasteiger partial charge in [0.15, 0.2) is 0 Å². The normalized spacial score (nSPS) is 14.3. The van der Waals surface area contributed by atoms with Crippen LogP contribution in [0.4, 0.5) is 0 Å². The predicted octanol–water partition coefficient (Wildman–Crippen LogP) is 2.30. The SMILES string of the molecule is CCOc1ccc(Br)cc1CN(C(=O)CN)C1CC1.